The molecular weight excluding hydrogens is 208 g/mol. The molecule has 2 heterocycles. The Hall–Kier alpha value is -1.10. The highest BCUT2D eigenvalue weighted by atomic mass is 16.4. The van der Waals surface area contributed by atoms with Crippen molar-refractivity contribution < 1.29 is 14.7 Å². The lowest BCUT2D eigenvalue weighted by atomic mass is 9.94. The third-order valence-corrected chi connectivity index (χ3v) is 3.34. The molecular formula is C11H18N2O3. The maximum Gasteiger partial charge on any atom is 0.303 e. The Kier molecular flexibility index (Phi) is 3.43. The number of amides is 1. The number of likely N-dealkylation sites (tertiary alicyclic amines) is 1. The van der Waals surface area contributed by atoms with Gasteiger partial charge < -0.3 is 15.3 Å². The van der Waals surface area contributed by atoms with Crippen molar-refractivity contribution in [3.8, 4) is 0 Å². The van der Waals surface area contributed by atoms with Crippen LogP contribution in [0.15, 0.2) is 0 Å². The minimum Gasteiger partial charge on any atom is -0.481 e. The first kappa shape index (κ1) is 11.4. The highest BCUT2D eigenvalue weighted by Gasteiger charge is 2.35. The van der Waals surface area contributed by atoms with Crippen LogP contribution in [0.5, 0.6) is 0 Å². The number of hydrogen-bond acceptors (Lipinski definition) is 3. The standard InChI is InChI=1S/C11H18N2O3/c14-10(15)5-8-6-13(7-8)11(16)9-3-1-2-4-12-9/h8-9,12H,1-7H2,(H,14,15)/t9-/m0/s1. The number of carbonyl (C=O) groups is 2. The smallest absolute Gasteiger partial charge is 0.303 e. The Morgan fingerprint density at radius 3 is 2.62 bits per heavy atom. The van der Waals surface area contributed by atoms with Gasteiger partial charge in [-0.1, -0.05) is 6.42 Å². The zero-order valence-electron chi connectivity index (χ0n) is 9.32. The van der Waals surface area contributed by atoms with E-state index < -0.39 is 5.97 Å². The van der Waals surface area contributed by atoms with E-state index in [1.54, 1.807) is 4.90 Å². The number of carboxylic acids is 1. The van der Waals surface area contributed by atoms with Crippen LogP contribution in [0.2, 0.25) is 0 Å². The summed E-state index contributed by atoms with van der Waals surface area (Å²) in [5.74, 6) is -0.459. The second-order valence-electron chi connectivity index (χ2n) is 4.71. The molecule has 5 heteroatoms. The lowest BCUT2D eigenvalue weighted by Crippen LogP contribution is -2.57. The predicted molar refractivity (Wildman–Crippen MR) is 58.0 cm³/mol. The van der Waals surface area contributed by atoms with Gasteiger partial charge >= 0.3 is 5.97 Å². The van der Waals surface area contributed by atoms with Gasteiger partial charge in [0.2, 0.25) is 5.91 Å². The Labute approximate surface area is 94.8 Å². The SMILES string of the molecule is O=C(O)CC1CN(C(=O)[C@@H]2CCCCN2)C1. The maximum absolute atomic E-state index is 11.9. The highest BCUT2D eigenvalue weighted by Crippen LogP contribution is 2.21. The molecule has 0 spiro atoms. The first-order chi connectivity index (χ1) is 7.66. The van der Waals surface area contributed by atoms with E-state index in [0.29, 0.717) is 13.1 Å². The van der Waals surface area contributed by atoms with Crippen molar-refractivity contribution in [2.24, 2.45) is 5.92 Å². The molecule has 0 unspecified atom stereocenters. The van der Waals surface area contributed by atoms with E-state index in [1.807, 2.05) is 0 Å². The van der Waals surface area contributed by atoms with Crippen LogP contribution in [0.4, 0.5) is 0 Å². The summed E-state index contributed by atoms with van der Waals surface area (Å²) in [4.78, 5) is 24.2. The zero-order chi connectivity index (χ0) is 11.5. The monoisotopic (exact) mass is 226 g/mol. The average molecular weight is 226 g/mol. The molecule has 0 bridgehead atoms. The van der Waals surface area contributed by atoms with Gasteiger partial charge in [0.25, 0.3) is 0 Å². The second kappa shape index (κ2) is 4.82. The number of aliphatic carboxylic acids is 1. The summed E-state index contributed by atoms with van der Waals surface area (Å²) in [5, 5.41) is 11.8. The first-order valence-electron chi connectivity index (χ1n) is 5.91. The zero-order valence-corrected chi connectivity index (χ0v) is 9.32. The molecule has 2 aliphatic rings. The number of carboxylic acid groups (broad SMARTS) is 1. The van der Waals surface area contributed by atoms with Crippen molar-refractivity contribution >= 4 is 11.9 Å². The van der Waals surface area contributed by atoms with Gasteiger partial charge in [-0.05, 0) is 19.4 Å². The highest BCUT2D eigenvalue weighted by molar-refractivity contribution is 5.83. The van der Waals surface area contributed by atoms with Gasteiger partial charge in [-0.2, -0.15) is 0 Å². The molecule has 16 heavy (non-hydrogen) atoms. The average Bonchev–Trinajstić information content (AvgIpc) is 2.23. The molecule has 0 aliphatic carbocycles. The topological polar surface area (TPSA) is 69.6 Å². The lowest BCUT2D eigenvalue weighted by molar-refractivity contribution is -0.146. The van der Waals surface area contributed by atoms with Crippen LogP contribution >= 0.6 is 0 Å². The van der Waals surface area contributed by atoms with Gasteiger partial charge in [0.1, 0.15) is 0 Å². The number of piperidine rings is 1. The van der Waals surface area contributed by atoms with Gasteiger partial charge in [-0.25, -0.2) is 0 Å². The molecule has 0 radical (unpaired) electrons. The van der Waals surface area contributed by atoms with Crippen molar-refractivity contribution in [1.29, 1.82) is 0 Å². The molecule has 1 amide bonds. The quantitative estimate of drug-likeness (QED) is 0.714. The van der Waals surface area contributed by atoms with E-state index in [1.165, 1.54) is 0 Å². The minimum atomic E-state index is -0.770. The van der Waals surface area contributed by atoms with E-state index in [2.05, 4.69) is 5.32 Å². The number of carbonyl (C=O) groups excluding carboxylic acids is 1. The summed E-state index contributed by atoms with van der Waals surface area (Å²) in [5.41, 5.74) is 0. The van der Waals surface area contributed by atoms with Crippen LogP contribution < -0.4 is 5.32 Å². The van der Waals surface area contributed by atoms with E-state index in [9.17, 15) is 9.59 Å². The van der Waals surface area contributed by atoms with Gasteiger partial charge in [0.05, 0.1) is 12.5 Å². The van der Waals surface area contributed by atoms with E-state index in [4.69, 9.17) is 5.11 Å². The fourth-order valence-corrected chi connectivity index (χ4v) is 2.41. The fraction of sp³-hybridized carbons (Fsp3) is 0.818. The molecule has 2 rings (SSSR count). The van der Waals surface area contributed by atoms with E-state index >= 15 is 0 Å². The van der Waals surface area contributed by atoms with Crippen LogP contribution in [0.25, 0.3) is 0 Å². The minimum absolute atomic E-state index is 0.0282. The molecule has 0 aromatic rings. The molecule has 90 valence electrons. The Morgan fingerprint density at radius 2 is 2.06 bits per heavy atom. The van der Waals surface area contributed by atoms with Gasteiger partial charge in [0.15, 0.2) is 0 Å². The second-order valence-corrected chi connectivity index (χ2v) is 4.71. The molecule has 0 saturated carbocycles. The number of nitrogens with one attached hydrogen (secondary N) is 1. The summed E-state index contributed by atoms with van der Waals surface area (Å²) in [7, 11) is 0. The normalized spacial score (nSPS) is 26.2. The van der Waals surface area contributed by atoms with Crippen molar-refractivity contribution in [3.05, 3.63) is 0 Å². The first-order valence-corrected chi connectivity index (χ1v) is 5.91. The van der Waals surface area contributed by atoms with Gasteiger partial charge in [-0.15, -0.1) is 0 Å². The summed E-state index contributed by atoms with van der Waals surface area (Å²) in [6.07, 6.45) is 3.35. The fourth-order valence-electron chi connectivity index (χ4n) is 2.41. The molecule has 1 atom stereocenters. The third-order valence-electron chi connectivity index (χ3n) is 3.34. The van der Waals surface area contributed by atoms with E-state index in [0.717, 1.165) is 25.8 Å². The summed E-state index contributed by atoms with van der Waals surface area (Å²) in [6, 6.07) is -0.0282. The summed E-state index contributed by atoms with van der Waals surface area (Å²) < 4.78 is 0. The molecule has 2 N–H and O–H groups in total. The molecule has 5 nitrogen and oxygen atoms in total. The van der Waals surface area contributed by atoms with Crippen molar-refractivity contribution in [2.75, 3.05) is 19.6 Å². The van der Waals surface area contributed by atoms with E-state index in [-0.39, 0.29) is 24.3 Å². The molecule has 2 aliphatic heterocycles. The van der Waals surface area contributed by atoms with Crippen molar-refractivity contribution in [1.82, 2.24) is 10.2 Å². The number of rotatable bonds is 3. The largest absolute Gasteiger partial charge is 0.481 e. The predicted octanol–water partition coefficient (Wildman–Crippen LogP) is 0.0616. The molecule has 2 saturated heterocycles. The summed E-state index contributed by atoms with van der Waals surface area (Å²) >= 11 is 0. The van der Waals surface area contributed by atoms with Crippen LogP contribution in [-0.4, -0.2) is 47.6 Å². The van der Waals surface area contributed by atoms with Crippen molar-refractivity contribution in [3.63, 3.8) is 0 Å². The number of hydrogen-bond donors (Lipinski definition) is 2. The Morgan fingerprint density at radius 1 is 1.31 bits per heavy atom. The number of nitrogens with zero attached hydrogens (tertiary/aromatic N) is 1. The lowest BCUT2D eigenvalue weighted by Gasteiger charge is -2.41. The van der Waals surface area contributed by atoms with Gasteiger partial charge in [0, 0.05) is 19.0 Å². The Bertz CT molecular complexity index is 281. The third kappa shape index (κ3) is 2.52. The maximum atomic E-state index is 11.9. The molecule has 0 aromatic heterocycles. The Balaban J connectivity index is 1.74. The van der Waals surface area contributed by atoms with Crippen LogP contribution in [0.1, 0.15) is 25.7 Å². The molecule has 2 fully saturated rings. The van der Waals surface area contributed by atoms with Crippen LogP contribution in [-0.2, 0) is 9.59 Å². The van der Waals surface area contributed by atoms with Gasteiger partial charge in [-0.3, -0.25) is 9.59 Å². The molecule has 0 aromatic carbocycles. The van der Waals surface area contributed by atoms with Crippen LogP contribution in [0, 0.1) is 5.92 Å². The van der Waals surface area contributed by atoms with Crippen LogP contribution in [0.3, 0.4) is 0 Å². The van der Waals surface area contributed by atoms with Crippen molar-refractivity contribution in [2.45, 2.75) is 31.7 Å². The summed E-state index contributed by atoms with van der Waals surface area (Å²) in [6.45, 7) is 2.15.